The Hall–Kier alpha value is -1.87. The van der Waals surface area contributed by atoms with Gasteiger partial charge in [0.05, 0.1) is 0 Å². The molecule has 2 aromatic rings. The summed E-state index contributed by atoms with van der Waals surface area (Å²) in [6.07, 6.45) is 1.18. The van der Waals surface area contributed by atoms with Crippen LogP contribution in [0.15, 0.2) is 47.5 Å². The molecular weight excluding hydrogens is 518 g/mol. The van der Waals surface area contributed by atoms with Crippen molar-refractivity contribution in [3.63, 3.8) is 0 Å². The van der Waals surface area contributed by atoms with Gasteiger partial charge in [0, 0.05) is 49.9 Å². The molecule has 0 aromatic heterocycles. The van der Waals surface area contributed by atoms with Gasteiger partial charge in [-0.2, -0.15) is 0 Å². The Morgan fingerprint density at radius 1 is 1.13 bits per heavy atom. The Kier molecular flexibility index (Phi) is 11.7. The molecule has 1 amide bonds. The molecular formula is C22H29ClFIN4O. The smallest absolute Gasteiger partial charge is 0.253 e. The largest absolute Gasteiger partial charge is 0.357 e. The molecule has 2 N–H and O–H groups in total. The van der Waals surface area contributed by atoms with E-state index < -0.39 is 0 Å². The van der Waals surface area contributed by atoms with Gasteiger partial charge in [-0.15, -0.1) is 24.0 Å². The Bertz CT molecular complexity index is 841. The van der Waals surface area contributed by atoms with Crippen LogP contribution < -0.4 is 10.6 Å². The third kappa shape index (κ3) is 8.10. The van der Waals surface area contributed by atoms with E-state index in [0.29, 0.717) is 41.6 Å². The van der Waals surface area contributed by atoms with Crippen LogP contribution in [0.2, 0.25) is 5.02 Å². The van der Waals surface area contributed by atoms with Gasteiger partial charge in [0.25, 0.3) is 5.91 Å². The summed E-state index contributed by atoms with van der Waals surface area (Å²) in [6, 6.07) is 12.3. The zero-order valence-electron chi connectivity index (χ0n) is 17.5. The van der Waals surface area contributed by atoms with Crippen LogP contribution in [-0.4, -0.2) is 50.5 Å². The summed E-state index contributed by atoms with van der Waals surface area (Å²) in [5.41, 5.74) is 2.23. The third-order valence-corrected chi connectivity index (χ3v) is 4.68. The highest BCUT2D eigenvalue weighted by atomic mass is 127. The molecule has 0 atom stereocenters. The second-order valence-electron chi connectivity index (χ2n) is 6.79. The van der Waals surface area contributed by atoms with Gasteiger partial charge in [-0.05, 0) is 49.6 Å². The highest BCUT2D eigenvalue weighted by molar-refractivity contribution is 14.0. The van der Waals surface area contributed by atoms with Gasteiger partial charge in [0.1, 0.15) is 5.82 Å². The molecule has 0 unspecified atom stereocenters. The molecule has 0 fully saturated rings. The molecule has 0 aliphatic heterocycles. The van der Waals surface area contributed by atoms with E-state index in [-0.39, 0.29) is 35.7 Å². The van der Waals surface area contributed by atoms with Crippen molar-refractivity contribution in [2.24, 2.45) is 4.99 Å². The number of nitrogens with zero attached hydrogens (tertiary/aromatic N) is 2. The van der Waals surface area contributed by atoms with Crippen molar-refractivity contribution in [1.29, 1.82) is 0 Å². The molecule has 0 radical (unpaired) electrons. The lowest BCUT2D eigenvalue weighted by molar-refractivity contribution is 0.0827. The molecule has 0 aliphatic rings. The quantitative estimate of drug-likeness (QED) is 0.297. The minimum atomic E-state index is -0.308. The summed E-state index contributed by atoms with van der Waals surface area (Å²) in [7, 11) is 3.48. The number of hydrogen-bond acceptors (Lipinski definition) is 2. The van der Waals surface area contributed by atoms with E-state index in [0.717, 1.165) is 18.5 Å². The predicted octanol–water partition coefficient (Wildman–Crippen LogP) is 4.14. The maximum atomic E-state index is 13.9. The molecule has 2 rings (SSSR count). The number of hydrogen-bond donors (Lipinski definition) is 2. The van der Waals surface area contributed by atoms with Gasteiger partial charge in [0.2, 0.25) is 0 Å². The second kappa shape index (κ2) is 13.4. The van der Waals surface area contributed by atoms with Gasteiger partial charge in [0.15, 0.2) is 5.96 Å². The zero-order chi connectivity index (χ0) is 21.2. The fourth-order valence-corrected chi connectivity index (χ4v) is 3.09. The summed E-state index contributed by atoms with van der Waals surface area (Å²) >= 11 is 6.07. The minimum absolute atomic E-state index is 0. The molecule has 0 heterocycles. The van der Waals surface area contributed by atoms with Crippen molar-refractivity contribution in [2.75, 3.05) is 33.7 Å². The van der Waals surface area contributed by atoms with Crippen molar-refractivity contribution in [1.82, 2.24) is 15.5 Å². The summed E-state index contributed by atoms with van der Waals surface area (Å²) in [6.45, 7) is 3.79. The van der Waals surface area contributed by atoms with E-state index in [1.807, 2.05) is 31.2 Å². The van der Waals surface area contributed by atoms with Gasteiger partial charge in [-0.25, -0.2) is 4.39 Å². The van der Waals surface area contributed by atoms with Crippen LogP contribution >= 0.6 is 35.6 Å². The molecule has 0 aliphatic carbocycles. The van der Waals surface area contributed by atoms with Crippen LogP contribution in [0.4, 0.5) is 4.39 Å². The summed E-state index contributed by atoms with van der Waals surface area (Å²) in [5, 5.41) is 6.87. The van der Waals surface area contributed by atoms with E-state index >= 15 is 0 Å². The van der Waals surface area contributed by atoms with Gasteiger partial charge >= 0.3 is 0 Å². The number of carbonyl (C=O) groups excluding carboxylic acids is 1. The van der Waals surface area contributed by atoms with Crippen LogP contribution in [0.1, 0.15) is 28.4 Å². The molecule has 164 valence electrons. The van der Waals surface area contributed by atoms with E-state index in [9.17, 15) is 9.18 Å². The monoisotopic (exact) mass is 546 g/mol. The van der Waals surface area contributed by atoms with Crippen molar-refractivity contribution >= 4 is 47.4 Å². The zero-order valence-corrected chi connectivity index (χ0v) is 20.6. The number of guanidine groups is 1. The lowest BCUT2D eigenvalue weighted by atomic mass is 10.1. The lowest BCUT2D eigenvalue weighted by Gasteiger charge is -2.13. The van der Waals surface area contributed by atoms with Gasteiger partial charge in [-0.3, -0.25) is 9.79 Å². The van der Waals surface area contributed by atoms with Crippen LogP contribution in [0.3, 0.4) is 0 Å². The van der Waals surface area contributed by atoms with Crippen LogP contribution in [0.5, 0.6) is 0 Å². The number of aliphatic imine (C=N–C) groups is 1. The topological polar surface area (TPSA) is 56.7 Å². The highest BCUT2D eigenvalue weighted by Gasteiger charge is 2.09. The average molecular weight is 547 g/mol. The number of benzene rings is 2. The Morgan fingerprint density at radius 2 is 1.87 bits per heavy atom. The average Bonchev–Trinajstić information content (AvgIpc) is 2.69. The van der Waals surface area contributed by atoms with Crippen molar-refractivity contribution < 1.29 is 9.18 Å². The first kappa shape index (κ1) is 26.2. The van der Waals surface area contributed by atoms with E-state index in [1.165, 1.54) is 6.07 Å². The van der Waals surface area contributed by atoms with Crippen molar-refractivity contribution in [2.45, 2.75) is 19.8 Å². The molecule has 5 nitrogen and oxygen atoms in total. The van der Waals surface area contributed by atoms with Crippen molar-refractivity contribution in [3.8, 4) is 0 Å². The molecule has 30 heavy (non-hydrogen) atoms. The first-order valence-electron chi connectivity index (χ1n) is 9.68. The normalized spacial score (nSPS) is 10.9. The third-order valence-electron chi connectivity index (χ3n) is 4.32. The second-order valence-corrected chi connectivity index (χ2v) is 7.19. The Labute approximate surface area is 200 Å². The summed E-state index contributed by atoms with van der Waals surface area (Å²) < 4.78 is 13.9. The lowest BCUT2D eigenvalue weighted by Crippen LogP contribution is -2.38. The number of halogens is 3. The highest BCUT2D eigenvalue weighted by Crippen LogP contribution is 2.19. The maximum absolute atomic E-state index is 13.9. The Balaban J connectivity index is 0.00000450. The number of carbonyl (C=O) groups is 1. The van der Waals surface area contributed by atoms with E-state index in [2.05, 4.69) is 15.6 Å². The van der Waals surface area contributed by atoms with Crippen LogP contribution in [0.25, 0.3) is 0 Å². The van der Waals surface area contributed by atoms with Crippen molar-refractivity contribution in [3.05, 3.63) is 70.0 Å². The van der Waals surface area contributed by atoms with E-state index in [1.54, 1.807) is 31.1 Å². The fourth-order valence-electron chi connectivity index (χ4n) is 2.84. The van der Waals surface area contributed by atoms with Gasteiger partial charge < -0.3 is 15.5 Å². The molecule has 0 bridgehead atoms. The number of rotatable bonds is 8. The van der Waals surface area contributed by atoms with Crippen LogP contribution in [0, 0.1) is 5.82 Å². The molecule has 0 spiro atoms. The molecule has 0 saturated heterocycles. The number of amides is 1. The van der Waals surface area contributed by atoms with E-state index in [4.69, 9.17) is 11.6 Å². The molecule has 0 saturated carbocycles. The SMILES string of the molecule is CCNC(=NCCc1c(F)cccc1Cl)NCCc1cccc(C(=O)N(C)C)c1.I. The van der Waals surface area contributed by atoms with Gasteiger partial charge in [-0.1, -0.05) is 29.8 Å². The summed E-state index contributed by atoms with van der Waals surface area (Å²) in [4.78, 5) is 18.2. The van der Waals surface area contributed by atoms with Crippen LogP contribution in [-0.2, 0) is 12.8 Å². The first-order chi connectivity index (χ1) is 13.9. The number of nitrogens with one attached hydrogen (secondary N) is 2. The minimum Gasteiger partial charge on any atom is -0.357 e. The first-order valence-corrected chi connectivity index (χ1v) is 10.1. The fraction of sp³-hybridized carbons (Fsp3) is 0.364. The predicted molar refractivity (Wildman–Crippen MR) is 133 cm³/mol. The standard InChI is InChI=1S/C22H28ClFN4O.HI/c1-4-25-22(27-14-12-18-19(23)9-6-10-20(18)24)26-13-11-16-7-5-8-17(15-16)21(29)28(2)3;/h5-10,15H,4,11-14H2,1-3H3,(H2,25,26,27);1H. The molecule has 2 aromatic carbocycles. The molecule has 8 heteroatoms. The maximum Gasteiger partial charge on any atom is 0.253 e. The Morgan fingerprint density at radius 3 is 2.53 bits per heavy atom. The summed E-state index contributed by atoms with van der Waals surface area (Å²) in [5.74, 6) is 0.347.